The van der Waals surface area contributed by atoms with Crippen molar-refractivity contribution in [3.63, 3.8) is 0 Å². The summed E-state index contributed by atoms with van der Waals surface area (Å²) < 4.78 is 34.5. The maximum atomic E-state index is 12.9. The Labute approximate surface area is 293 Å². The molecule has 3 fully saturated rings. The second kappa shape index (κ2) is 20.3. The van der Waals surface area contributed by atoms with E-state index < -0.39 is 104 Å². The van der Waals surface area contributed by atoms with E-state index in [4.69, 9.17) is 28.4 Å². The van der Waals surface area contributed by atoms with Gasteiger partial charge in [0.1, 0.15) is 42.7 Å². The van der Waals surface area contributed by atoms with Crippen molar-refractivity contribution in [2.75, 3.05) is 20.3 Å². The van der Waals surface area contributed by atoms with Gasteiger partial charge in [-0.25, -0.2) is 4.79 Å². The van der Waals surface area contributed by atoms with E-state index in [1.54, 1.807) is 13.8 Å². The van der Waals surface area contributed by atoms with Crippen LogP contribution in [-0.2, 0) is 42.8 Å². The average Bonchev–Trinajstić information content (AvgIpc) is 3.08. The number of amides is 1. The summed E-state index contributed by atoms with van der Waals surface area (Å²) in [5.41, 5.74) is 0. The third-order valence-electron chi connectivity index (χ3n) is 10.1. The van der Waals surface area contributed by atoms with E-state index in [1.165, 1.54) is 14.0 Å². The van der Waals surface area contributed by atoms with Gasteiger partial charge in [0.2, 0.25) is 5.91 Å². The summed E-state index contributed by atoms with van der Waals surface area (Å²) in [6.07, 6.45) is -7.40. The number of ether oxygens (including phenoxy) is 6. The van der Waals surface area contributed by atoms with Crippen LogP contribution in [0.5, 0.6) is 0 Å². The van der Waals surface area contributed by atoms with Crippen LogP contribution < -0.4 is 5.32 Å². The molecule has 16 heteroatoms. The Kier molecular flexibility index (Phi) is 17.2. The van der Waals surface area contributed by atoms with Gasteiger partial charge in [-0.1, -0.05) is 45.4 Å². The Morgan fingerprint density at radius 1 is 0.920 bits per heavy atom. The summed E-state index contributed by atoms with van der Waals surface area (Å²) in [5, 5.41) is 64.4. The molecule has 2 aliphatic heterocycles. The summed E-state index contributed by atoms with van der Waals surface area (Å²) >= 11 is 0. The van der Waals surface area contributed by atoms with Gasteiger partial charge < -0.3 is 64.4 Å². The summed E-state index contributed by atoms with van der Waals surface area (Å²) in [7, 11) is 1.26. The largest absolute Gasteiger partial charge is 0.479 e. The van der Waals surface area contributed by atoms with Crippen LogP contribution in [0.4, 0.5) is 0 Å². The number of carboxylic acid groups (broad SMARTS) is 1. The smallest absolute Gasteiger partial charge is 0.332 e. The second-order valence-corrected chi connectivity index (χ2v) is 14.0. The number of esters is 1. The van der Waals surface area contributed by atoms with Crippen molar-refractivity contribution in [3.8, 4) is 0 Å². The molecule has 0 aromatic carbocycles. The molecule has 0 aromatic rings. The van der Waals surface area contributed by atoms with Crippen LogP contribution in [0.3, 0.4) is 0 Å². The molecule has 2 saturated heterocycles. The van der Waals surface area contributed by atoms with Crippen molar-refractivity contribution < 1.29 is 73.4 Å². The van der Waals surface area contributed by atoms with Gasteiger partial charge >= 0.3 is 11.9 Å². The first kappa shape index (κ1) is 42.4. The van der Waals surface area contributed by atoms with Crippen LogP contribution in [0, 0.1) is 17.8 Å². The monoisotopic (exact) mass is 721 g/mol. The van der Waals surface area contributed by atoms with E-state index >= 15 is 0 Å². The number of aliphatic hydroxyl groups excluding tert-OH is 5. The third kappa shape index (κ3) is 11.8. The SMILES string of the molecule is CC[C@@H](COC1O[C@@H](C)C(O)[C@H](O)[C@@H]1O)CC(C[C@H](C)O[C@@H]1O[C@@H](CO)[C@H](O)C(O[C@@H](CC2CCCCC2)C(=O)O)C1NC(C)=O)C(=O)OC. The van der Waals surface area contributed by atoms with Gasteiger partial charge in [0.05, 0.1) is 38.4 Å². The highest BCUT2D eigenvalue weighted by atomic mass is 16.7. The minimum absolute atomic E-state index is 0.0630. The van der Waals surface area contributed by atoms with Gasteiger partial charge in [0.25, 0.3) is 0 Å². The fourth-order valence-corrected chi connectivity index (χ4v) is 7.14. The molecule has 5 unspecified atom stereocenters. The van der Waals surface area contributed by atoms with Crippen molar-refractivity contribution in [2.24, 2.45) is 17.8 Å². The second-order valence-electron chi connectivity index (χ2n) is 14.0. The Morgan fingerprint density at radius 3 is 2.18 bits per heavy atom. The van der Waals surface area contributed by atoms with Gasteiger partial charge in [0.15, 0.2) is 18.7 Å². The predicted molar refractivity (Wildman–Crippen MR) is 174 cm³/mol. The molecule has 0 bridgehead atoms. The number of aliphatic hydroxyl groups is 5. The van der Waals surface area contributed by atoms with E-state index in [-0.39, 0.29) is 37.7 Å². The highest BCUT2D eigenvalue weighted by Crippen LogP contribution is 2.33. The molecule has 14 atom stereocenters. The summed E-state index contributed by atoms with van der Waals surface area (Å²) in [4.78, 5) is 37.6. The lowest BCUT2D eigenvalue weighted by Gasteiger charge is -2.45. The Morgan fingerprint density at radius 2 is 1.60 bits per heavy atom. The van der Waals surface area contributed by atoms with Crippen LogP contribution in [0.2, 0.25) is 0 Å². The first-order chi connectivity index (χ1) is 23.7. The topological polar surface area (TPSA) is 240 Å². The number of methoxy groups -OCH3 is 1. The highest BCUT2D eigenvalue weighted by molar-refractivity contribution is 5.74. The Bertz CT molecular complexity index is 1060. The number of nitrogens with one attached hydrogen (secondary N) is 1. The zero-order valence-electron chi connectivity index (χ0n) is 29.8. The van der Waals surface area contributed by atoms with Crippen LogP contribution in [0.25, 0.3) is 0 Å². The molecule has 0 spiro atoms. The van der Waals surface area contributed by atoms with Crippen LogP contribution in [0.15, 0.2) is 0 Å². The predicted octanol–water partition coefficient (Wildman–Crippen LogP) is 0.223. The normalized spacial score (nSPS) is 34.7. The van der Waals surface area contributed by atoms with E-state index in [0.717, 1.165) is 32.1 Å². The van der Waals surface area contributed by atoms with E-state index in [9.17, 15) is 45.0 Å². The average molecular weight is 722 g/mol. The maximum absolute atomic E-state index is 12.9. The molecule has 1 aliphatic carbocycles. The maximum Gasteiger partial charge on any atom is 0.332 e. The minimum Gasteiger partial charge on any atom is -0.479 e. The Balaban J connectivity index is 1.72. The van der Waals surface area contributed by atoms with Gasteiger partial charge in [0, 0.05) is 6.92 Å². The van der Waals surface area contributed by atoms with Crippen LogP contribution in [-0.4, -0.2) is 142 Å². The fourth-order valence-electron chi connectivity index (χ4n) is 7.14. The van der Waals surface area contributed by atoms with Crippen molar-refractivity contribution in [1.82, 2.24) is 5.32 Å². The third-order valence-corrected chi connectivity index (χ3v) is 10.1. The molecule has 3 aliphatic rings. The van der Waals surface area contributed by atoms with Gasteiger partial charge in [-0.05, 0) is 44.9 Å². The van der Waals surface area contributed by atoms with Crippen molar-refractivity contribution in [2.45, 2.75) is 159 Å². The molecule has 290 valence electrons. The molecular formula is C34H59NO15. The molecule has 7 N–H and O–H groups in total. The number of rotatable bonds is 18. The van der Waals surface area contributed by atoms with E-state index in [2.05, 4.69) is 5.32 Å². The first-order valence-electron chi connectivity index (χ1n) is 17.8. The molecule has 1 saturated carbocycles. The number of carboxylic acids is 1. The number of carbonyl (C=O) groups excluding carboxylic acids is 2. The molecular weight excluding hydrogens is 662 g/mol. The lowest BCUT2D eigenvalue weighted by atomic mass is 9.85. The lowest BCUT2D eigenvalue weighted by Crippen LogP contribution is -2.66. The molecule has 0 aromatic heterocycles. The molecule has 0 radical (unpaired) electrons. The molecule has 16 nitrogen and oxygen atoms in total. The summed E-state index contributed by atoms with van der Waals surface area (Å²) in [5.74, 6) is -3.01. The Hall–Kier alpha value is -1.99. The van der Waals surface area contributed by atoms with E-state index in [1.807, 2.05) is 6.92 Å². The molecule has 50 heavy (non-hydrogen) atoms. The highest BCUT2D eigenvalue weighted by Gasteiger charge is 2.49. The zero-order valence-corrected chi connectivity index (χ0v) is 29.8. The van der Waals surface area contributed by atoms with E-state index in [0.29, 0.717) is 6.42 Å². The van der Waals surface area contributed by atoms with Gasteiger partial charge in [-0.3, -0.25) is 9.59 Å². The molecule has 2 heterocycles. The van der Waals surface area contributed by atoms with Gasteiger partial charge in [-0.15, -0.1) is 0 Å². The number of hydrogen-bond acceptors (Lipinski definition) is 14. The summed E-state index contributed by atoms with van der Waals surface area (Å²) in [6.45, 7) is 5.80. The van der Waals surface area contributed by atoms with Crippen molar-refractivity contribution in [1.29, 1.82) is 0 Å². The number of aliphatic carboxylic acids is 1. The fraction of sp³-hybridized carbons (Fsp3) is 0.912. The van der Waals surface area contributed by atoms with Crippen LogP contribution >= 0.6 is 0 Å². The number of carbonyl (C=O) groups is 3. The van der Waals surface area contributed by atoms with Crippen molar-refractivity contribution in [3.05, 3.63) is 0 Å². The first-order valence-corrected chi connectivity index (χ1v) is 17.8. The number of hydrogen-bond donors (Lipinski definition) is 7. The standard InChI is InChI=1S/C34H59NO15/c1-6-20(16-46-34-29(41)28(40)26(38)18(3)48-34)13-22(32(44)45-5)12-17(2)47-33-25(35-19(4)37)30(27(39)24(15-36)50-33)49-23(31(42)43)14-21-10-8-7-9-11-21/h17-18,20-30,33-34,36,38-41H,6-16H2,1-5H3,(H,35,37)(H,42,43)/t17-,18-,20+,22?,23-,24-,25?,26?,27-,28-,29-,30?,33+,34?/m0/s1. The quantitative estimate of drug-likeness (QED) is 0.0938. The van der Waals surface area contributed by atoms with Crippen molar-refractivity contribution >= 4 is 17.8 Å². The lowest BCUT2D eigenvalue weighted by molar-refractivity contribution is -0.296. The molecule has 1 amide bonds. The minimum atomic E-state index is -1.49. The summed E-state index contributed by atoms with van der Waals surface area (Å²) in [6, 6.07) is -1.16. The zero-order chi connectivity index (χ0) is 37.1. The van der Waals surface area contributed by atoms with Gasteiger partial charge in [-0.2, -0.15) is 0 Å². The molecule has 3 rings (SSSR count). The van der Waals surface area contributed by atoms with Crippen LogP contribution in [0.1, 0.15) is 85.5 Å².